The predicted octanol–water partition coefficient (Wildman–Crippen LogP) is 6.75. The molecule has 2 rings (SSSR count). The minimum absolute atomic E-state index is 0.502. The molecule has 1 N–H and O–H groups in total. The van der Waals surface area contributed by atoms with Crippen molar-refractivity contribution in [2.24, 2.45) is 0 Å². The third kappa shape index (κ3) is 8.67. The Hall–Kier alpha value is -3.83. The Balaban J connectivity index is 2.48. The van der Waals surface area contributed by atoms with Crippen molar-refractivity contribution in [2.75, 3.05) is 14.2 Å². The molecule has 0 aliphatic carbocycles. The third-order valence-electron chi connectivity index (χ3n) is 4.44. The lowest BCUT2D eigenvalue weighted by molar-refractivity contribution is -0.108. The number of nitrogens with one attached hydrogen (secondary N) is 1. The number of benzene rings is 1. The van der Waals surface area contributed by atoms with Gasteiger partial charge in [-0.05, 0) is 53.3 Å². The smallest absolute Gasteiger partial charge is 0.211 e. The number of thiophene rings is 1. The number of hydrogen-bond donors (Lipinski definition) is 1. The molecule has 0 radical (unpaired) electrons. The summed E-state index contributed by atoms with van der Waals surface area (Å²) in [5, 5.41) is 4.65. The van der Waals surface area contributed by atoms with Crippen LogP contribution in [0.15, 0.2) is 108 Å². The fourth-order valence-corrected chi connectivity index (χ4v) is 3.53. The Morgan fingerprint density at radius 3 is 2.52 bits per heavy atom. The molecular weight excluding hydrogens is 430 g/mol. The van der Waals surface area contributed by atoms with E-state index in [0.717, 1.165) is 21.6 Å². The van der Waals surface area contributed by atoms with Crippen LogP contribution in [0.1, 0.15) is 22.9 Å². The van der Waals surface area contributed by atoms with Crippen molar-refractivity contribution in [3.63, 3.8) is 0 Å². The number of ether oxygens (including phenoxy) is 2. The number of carbonyl (C=O) groups excluding carboxylic acids is 1. The number of hydrogen-bond acceptors (Lipinski definition) is 4. The van der Waals surface area contributed by atoms with Gasteiger partial charge in [0.2, 0.25) is 6.41 Å². The summed E-state index contributed by atoms with van der Waals surface area (Å²) in [6.07, 6.45) is 17.9. The molecule has 33 heavy (non-hydrogen) atoms. The van der Waals surface area contributed by atoms with E-state index >= 15 is 0 Å². The summed E-state index contributed by atoms with van der Waals surface area (Å²) in [5.74, 6) is 1.04. The van der Waals surface area contributed by atoms with Crippen LogP contribution >= 0.6 is 11.3 Å². The largest absolute Gasteiger partial charge is 0.493 e. The summed E-state index contributed by atoms with van der Waals surface area (Å²) in [6.45, 7) is 5.46. The van der Waals surface area contributed by atoms with Gasteiger partial charge in [-0.1, -0.05) is 67.3 Å². The van der Waals surface area contributed by atoms with Crippen molar-refractivity contribution in [2.45, 2.75) is 6.92 Å². The molecule has 0 spiro atoms. The Labute approximate surface area is 200 Å². The standard InChI is InChI=1S/C28H29NO3S/c1-5-6-7-8-11-23-12-9-13-24(19-23)25(20-26-14-10-17-33-26)15-16-27(31-3)28(32-4)18-22(2)29-21-30/h5-21H,1H2,2-4H3,(H,29,30)/b7-6-,11-8+,16-15+,22-18+,25-20-,28-27-. The molecule has 0 bridgehead atoms. The number of methoxy groups -OCH3 is 2. The third-order valence-corrected chi connectivity index (χ3v) is 5.26. The first-order valence-corrected chi connectivity index (χ1v) is 11.2. The summed E-state index contributed by atoms with van der Waals surface area (Å²) >= 11 is 1.67. The highest BCUT2D eigenvalue weighted by molar-refractivity contribution is 7.10. The summed E-state index contributed by atoms with van der Waals surface area (Å²) in [7, 11) is 3.14. The lowest BCUT2D eigenvalue weighted by Gasteiger charge is -2.09. The second kappa shape index (κ2) is 14.3. The summed E-state index contributed by atoms with van der Waals surface area (Å²) in [5.41, 5.74) is 3.82. The van der Waals surface area contributed by atoms with E-state index in [1.54, 1.807) is 44.6 Å². The van der Waals surface area contributed by atoms with Crippen LogP contribution in [0.4, 0.5) is 0 Å². The lowest BCUT2D eigenvalue weighted by atomic mass is 10.0. The van der Waals surface area contributed by atoms with Crippen molar-refractivity contribution < 1.29 is 14.3 Å². The second-order valence-corrected chi connectivity index (χ2v) is 7.76. The normalized spacial score (nSPS) is 13.4. The molecule has 0 saturated carbocycles. The van der Waals surface area contributed by atoms with Gasteiger partial charge in [-0.15, -0.1) is 11.3 Å². The second-order valence-electron chi connectivity index (χ2n) is 6.78. The molecule has 0 unspecified atom stereocenters. The van der Waals surface area contributed by atoms with Crippen molar-refractivity contribution in [1.82, 2.24) is 5.32 Å². The first kappa shape index (κ1) is 25.4. The SMILES string of the molecule is C=C/C=C\C=C\c1cccc(C(=C\c2cccs2)/C=C/C(OC)=C(\C=C(/C)NC=O)OC)c1. The van der Waals surface area contributed by atoms with Crippen LogP contribution in [0, 0.1) is 0 Å². The summed E-state index contributed by atoms with van der Waals surface area (Å²) in [6, 6.07) is 12.4. The first-order chi connectivity index (χ1) is 16.1. The molecule has 2 aromatic rings. The maximum absolute atomic E-state index is 10.7. The van der Waals surface area contributed by atoms with E-state index in [2.05, 4.69) is 47.6 Å². The van der Waals surface area contributed by atoms with E-state index in [4.69, 9.17) is 9.47 Å². The first-order valence-electron chi connectivity index (χ1n) is 10.3. The fraction of sp³-hybridized carbons (Fsp3) is 0.107. The van der Waals surface area contributed by atoms with Gasteiger partial charge in [0.15, 0.2) is 11.5 Å². The van der Waals surface area contributed by atoms with Gasteiger partial charge in [0.1, 0.15) is 0 Å². The number of rotatable bonds is 12. The molecule has 4 nitrogen and oxygen atoms in total. The monoisotopic (exact) mass is 459 g/mol. The molecule has 0 aliphatic heterocycles. The number of allylic oxidation sites excluding steroid dienone is 9. The van der Waals surface area contributed by atoms with E-state index in [1.165, 1.54) is 0 Å². The Morgan fingerprint density at radius 1 is 1.03 bits per heavy atom. The van der Waals surface area contributed by atoms with Crippen LogP contribution in [-0.4, -0.2) is 20.6 Å². The van der Waals surface area contributed by atoms with Crippen molar-refractivity contribution in [1.29, 1.82) is 0 Å². The van der Waals surface area contributed by atoms with Crippen LogP contribution in [0.25, 0.3) is 17.7 Å². The topological polar surface area (TPSA) is 47.6 Å². The highest BCUT2D eigenvalue weighted by Gasteiger charge is 2.06. The van der Waals surface area contributed by atoms with Gasteiger partial charge in [0.05, 0.1) is 14.2 Å². The number of carbonyl (C=O) groups is 1. The van der Waals surface area contributed by atoms with E-state index in [9.17, 15) is 4.79 Å². The van der Waals surface area contributed by atoms with Gasteiger partial charge in [-0.3, -0.25) is 4.79 Å². The zero-order valence-corrected chi connectivity index (χ0v) is 20.0. The Bertz CT molecular complexity index is 1100. The van der Waals surface area contributed by atoms with E-state index < -0.39 is 0 Å². The molecule has 0 aliphatic rings. The maximum Gasteiger partial charge on any atom is 0.211 e. The number of amides is 1. The molecule has 1 heterocycles. The Kier molecular flexibility index (Phi) is 11.0. The van der Waals surface area contributed by atoms with Crippen molar-refractivity contribution in [3.8, 4) is 0 Å². The highest BCUT2D eigenvalue weighted by Crippen LogP contribution is 2.25. The predicted molar refractivity (Wildman–Crippen MR) is 140 cm³/mol. The lowest BCUT2D eigenvalue weighted by Crippen LogP contribution is -2.08. The molecule has 5 heteroatoms. The van der Waals surface area contributed by atoms with E-state index in [0.29, 0.717) is 23.6 Å². The maximum atomic E-state index is 10.7. The van der Waals surface area contributed by atoms with Gasteiger partial charge in [0, 0.05) is 16.7 Å². The zero-order valence-electron chi connectivity index (χ0n) is 19.2. The average molecular weight is 460 g/mol. The van der Waals surface area contributed by atoms with E-state index in [-0.39, 0.29) is 0 Å². The van der Waals surface area contributed by atoms with Crippen LogP contribution in [0.2, 0.25) is 0 Å². The molecule has 0 saturated heterocycles. The van der Waals surface area contributed by atoms with E-state index in [1.807, 2.05) is 48.6 Å². The van der Waals surface area contributed by atoms with Crippen molar-refractivity contribution in [3.05, 3.63) is 124 Å². The van der Waals surface area contributed by atoms with Gasteiger partial charge < -0.3 is 14.8 Å². The summed E-state index contributed by atoms with van der Waals surface area (Å²) < 4.78 is 11.0. The molecule has 1 aromatic heterocycles. The van der Waals surface area contributed by atoms with Crippen LogP contribution in [0.3, 0.4) is 0 Å². The van der Waals surface area contributed by atoms with Crippen LogP contribution in [0.5, 0.6) is 0 Å². The van der Waals surface area contributed by atoms with Crippen LogP contribution < -0.4 is 5.32 Å². The minimum Gasteiger partial charge on any atom is -0.493 e. The zero-order chi connectivity index (χ0) is 23.9. The quantitative estimate of drug-likeness (QED) is 0.217. The van der Waals surface area contributed by atoms with Crippen molar-refractivity contribution >= 4 is 35.5 Å². The molecular formula is C28H29NO3S. The molecule has 0 fully saturated rings. The fourth-order valence-electron chi connectivity index (χ4n) is 2.86. The Morgan fingerprint density at radius 2 is 1.85 bits per heavy atom. The molecule has 0 atom stereocenters. The van der Waals surface area contributed by atoms with Gasteiger partial charge in [-0.2, -0.15) is 0 Å². The van der Waals surface area contributed by atoms with Gasteiger partial charge in [-0.25, -0.2) is 0 Å². The van der Waals surface area contributed by atoms with Gasteiger partial charge >= 0.3 is 0 Å². The molecule has 1 amide bonds. The van der Waals surface area contributed by atoms with Crippen LogP contribution in [-0.2, 0) is 14.3 Å². The van der Waals surface area contributed by atoms with Gasteiger partial charge in [0.25, 0.3) is 0 Å². The highest BCUT2D eigenvalue weighted by atomic mass is 32.1. The molecule has 170 valence electrons. The average Bonchev–Trinajstić information content (AvgIpc) is 3.34. The minimum atomic E-state index is 0.502. The summed E-state index contributed by atoms with van der Waals surface area (Å²) in [4.78, 5) is 11.8. The molecule has 1 aromatic carbocycles.